The van der Waals surface area contributed by atoms with E-state index in [1.807, 2.05) is 0 Å². The van der Waals surface area contributed by atoms with Gasteiger partial charge in [0.25, 0.3) is 0 Å². The average molecular weight is 207 g/mol. The maximum atomic E-state index is 11.1. The first-order valence-corrected chi connectivity index (χ1v) is 5.02. The van der Waals surface area contributed by atoms with Crippen LogP contribution in [0.4, 0.5) is 4.79 Å². The first-order chi connectivity index (χ1) is 7.20. The molecule has 1 aliphatic heterocycles. The predicted molar refractivity (Wildman–Crippen MR) is 60.2 cm³/mol. The lowest BCUT2D eigenvalue weighted by atomic mass is 10.4. The Kier molecular flexibility index (Phi) is 4.55. The van der Waals surface area contributed by atoms with Crippen molar-refractivity contribution in [2.75, 3.05) is 33.7 Å². The summed E-state index contributed by atoms with van der Waals surface area (Å²) in [5.41, 5.74) is 0. The molecule has 0 saturated heterocycles. The van der Waals surface area contributed by atoms with Crippen LogP contribution in [0.5, 0.6) is 0 Å². The SMILES string of the molecule is CN(C)C(=O)NCC#CCN1C=CCC1. The molecule has 4 heteroatoms. The van der Waals surface area contributed by atoms with E-state index >= 15 is 0 Å². The fraction of sp³-hybridized carbons (Fsp3) is 0.545. The molecule has 1 rings (SSSR count). The molecule has 1 heterocycles. The zero-order chi connectivity index (χ0) is 11.1. The van der Waals surface area contributed by atoms with Gasteiger partial charge in [0.05, 0.1) is 13.1 Å². The molecule has 15 heavy (non-hydrogen) atoms. The van der Waals surface area contributed by atoms with E-state index in [1.165, 1.54) is 4.90 Å². The molecule has 0 aromatic carbocycles. The second-order valence-electron chi connectivity index (χ2n) is 3.55. The molecular weight excluding hydrogens is 190 g/mol. The van der Waals surface area contributed by atoms with Gasteiger partial charge in [-0.2, -0.15) is 0 Å². The Morgan fingerprint density at radius 2 is 2.33 bits per heavy atom. The molecule has 0 unspecified atom stereocenters. The summed E-state index contributed by atoms with van der Waals surface area (Å²) >= 11 is 0. The summed E-state index contributed by atoms with van der Waals surface area (Å²) in [7, 11) is 3.41. The van der Waals surface area contributed by atoms with Crippen molar-refractivity contribution in [2.45, 2.75) is 6.42 Å². The van der Waals surface area contributed by atoms with Gasteiger partial charge in [-0.05, 0) is 12.6 Å². The average Bonchev–Trinajstić information content (AvgIpc) is 2.69. The molecule has 82 valence electrons. The lowest BCUT2D eigenvalue weighted by molar-refractivity contribution is 0.219. The topological polar surface area (TPSA) is 35.6 Å². The number of rotatable bonds is 2. The molecule has 0 bridgehead atoms. The zero-order valence-electron chi connectivity index (χ0n) is 9.29. The van der Waals surface area contributed by atoms with Gasteiger partial charge in [0.15, 0.2) is 0 Å². The van der Waals surface area contributed by atoms with Crippen molar-refractivity contribution in [1.29, 1.82) is 0 Å². The molecule has 0 saturated carbocycles. The predicted octanol–water partition coefficient (Wildman–Crippen LogP) is 0.480. The molecule has 0 aliphatic carbocycles. The first kappa shape index (κ1) is 11.4. The summed E-state index contributed by atoms with van der Waals surface area (Å²) in [6, 6.07) is -0.106. The van der Waals surface area contributed by atoms with Gasteiger partial charge in [0, 0.05) is 20.6 Å². The Morgan fingerprint density at radius 1 is 1.53 bits per heavy atom. The number of carbonyl (C=O) groups is 1. The van der Waals surface area contributed by atoms with E-state index in [2.05, 4.69) is 34.3 Å². The minimum atomic E-state index is -0.106. The van der Waals surface area contributed by atoms with Crippen LogP contribution in [0.3, 0.4) is 0 Å². The molecule has 0 aromatic rings. The lowest BCUT2D eigenvalue weighted by Gasteiger charge is -2.10. The van der Waals surface area contributed by atoms with E-state index in [-0.39, 0.29) is 6.03 Å². The fourth-order valence-corrected chi connectivity index (χ4v) is 1.17. The summed E-state index contributed by atoms with van der Waals surface area (Å²) < 4.78 is 0. The minimum Gasteiger partial charge on any atom is -0.366 e. The van der Waals surface area contributed by atoms with E-state index in [4.69, 9.17) is 0 Å². The summed E-state index contributed by atoms with van der Waals surface area (Å²) in [5.74, 6) is 5.93. The summed E-state index contributed by atoms with van der Waals surface area (Å²) in [5, 5.41) is 2.68. The van der Waals surface area contributed by atoms with E-state index in [9.17, 15) is 4.79 Å². The molecule has 0 aromatic heterocycles. The van der Waals surface area contributed by atoms with Gasteiger partial charge in [0.2, 0.25) is 0 Å². The first-order valence-electron chi connectivity index (χ1n) is 5.02. The Balaban J connectivity index is 2.11. The molecule has 1 aliphatic rings. The van der Waals surface area contributed by atoms with Gasteiger partial charge >= 0.3 is 6.03 Å². The number of nitrogens with zero attached hydrogens (tertiary/aromatic N) is 2. The van der Waals surface area contributed by atoms with Crippen LogP contribution in [0.2, 0.25) is 0 Å². The number of amides is 2. The van der Waals surface area contributed by atoms with Crippen LogP contribution in [0.15, 0.2) is 12.3 Å². The molecule has 4 nitrogen and oxygen atoms in total. The van der Waals surface area contributed by atoms with Crippen LogP contribution in [0, 0.1) is 11.8 Å². The van der Waals surface area contributed by atoms with Crippen LogP contribution in [-0.2, 0) is 0 Å². The van der Waals surface area contributed by atoms with E-state index < -0.39 is 0 Å². The van der Waals surface area contributed by atoms with Gasteiger partial charge < -0.3 is 15.1 Å². The molecule has 0 radical (unpaired) electrons. The van der Waals surface area contributed by atoms with Crippen LogP contribution in [0.25, 0.3) is 0 Å². The quantitative estimate of drug-likeness (QED) is 0.669. The van der Waals surface area contributed by atoms with Crippen molar-refractivity contribution >= 4 is 6.03 Å². The minimum absolute atomic E-state index is 0.106. The summed E-state index contributed by atoms with van der Waals surface area (Å²) in [6.07, 6.45) is 5.31. The number of urea groups is 1. The molecule has 2 amide bonds. The molecular formula is C11H17N3O. The van der Waals surface area contributed by atoms with Gasteiger partial charge in [-0.3, -0.25) is 0 Å². The molecule has 0 spiro atoms. The van der Waals surface area contributed by atoms with Crippen molar-refractivity contribution in [2.24, 2.45) is 0 Å². The second-order valence-corrected chi connectivity index (χ2v) is 3.55. The van der Waals surface area contributed by atoms with E-state index in [1.54, 1.807) is 14.1 Å². The highest BCUT2D eigenvalue weighted by Crippen LogP contribution is 2.01. The third kappa shape index (κ3) is 4.41. The maximum Gasteiger partial charge on any atom is 0.317 e. The Hall–Kier alpha value is -1.63. The van der Waals surface area contributed by atoms with Gasteiger partial charge in [-0.1, -0.05) is 17.9 Å². The zero-order valence-corrected chi connectivity index (χ0v) is 9.29. The van der Waals surface area contributed by atoms with Crippen molar-refractivity contribution < 1.29 is 4.79 Å². The third-order valence-electron chi connectivity index (χ3n) is 2.04. The molecule has 1 N–H and O–H groups in total. The number of nitrogens with one attached hydrogen (secondary N) is 1. The van der Waals surface area contributed by atoms with Gasteiger partial charge in [-0.15, -0.1) is 0 Å². The Labute approximate surface area is 90.9 Å². The summed E-state index contributed by atoms with van der Waals surface area (Å²) in [4.78, 5) is 14.7. The van der Waals surface area contributed by atoms with E-state index in [0.717, 1.165) is 19.5 Å². The van der Waals surface area contributed by atoms with Gasteiger partial charge in [-0.25, -0.2) is 4.79 Å². The van der Waals surface area contributed by atoms with Crippen molar-refractivity contribution in [3.8, 4) is 11.8 Å². The van der Waals surface area contributed by atoms with Crippen molar-refractivity contribution in [3.05, 3.63) is 12.3 Å². The van der Waals surface area contributed by atoms with Crippen LogP contribution < -0.4 is 5.32 Å². The fourth-order valence-electron chi connectivity index (χ4n) is 1.17. The number of hydrogen-bond donors (Lipinski definition) is 1. The van der Waals surface area contributed by atoms with Crippen molar-refractivity contribution in [1.82, 2.24) is 15.1 Å². The second kappa shape index (κ2) is 5.97. The van der Waals surface area contributed by atoms with Crippen LogP contribution in [0.1, 0.15) is 6.42 Å². The maximum absolute atomic E-state index is 11.1. The molecule has 0 atom stereocenters. The largest absolute Gasteiger partial charge is 0.366 e. The molecule has 0 fully saturated rings. The van der Waals surface area contributed by atoms with Crippen molar-refractivity contribution in [3.63, 3.8) is 0 Å². The van der Waals surface area contributed by atoms with Crippen LogP contribution >= 0.6 is 0 Å². The summed E-state index contributed by atoms with van der Waals surface area (Å²) in [6.45, 7) is 2.21. The van der Waals surface area contributed by atoms with Crippen LogP contribution in [-0.4, -0.2) is 49.6 Å². The number of hydrogen-bond acceptors (Lipinski definition) is 2. The van der Waals surface area contributed by atoms with Gasteiger partial charge in [0.1, 0.15) is 0 Å². The highest BCUT2D eigenvalue weighted by atomic mass is 16.2. The smallest absolute Gasteiger partial charge is 0.317 e. The Morgan fingerprint density at radius 3 is 2.93 bits per heavy atom. The van der Waals surface area contributed by atoms with E-state index in [0.29, 0.717) is 6.54 Å². The highest BCUT2D eigenvalue weighted by Gasteiger charge is 2.00. The normalized spacial score (nSPS) is 13.3. The Bertz CT molecular complexity index is 299. The lowest BCUT2D eigenvalue weighted by Crippen LogP contribution is -2.34. The number of carbonyl (C=O) groups excluding carboxylic acids is 1. The monoisotopic (exact) mass is 207 g/mol. The highest BCUT2D eigenvalue weighted by molar-refractivity contribution is 5.73. The standard InChI is InChI=1S/C11H17N3O/c1-13(2)11(15)12-7-3-4-8-14-9-5-6-10-14/h5,9H,6-8,10H2,1-2H3,(H,12,15). The third-order valence-corrected chi connectivity index (χ3v) is 2.04.